The van der Waals surface area contributed by atoms with Crippen LogP contribution >= 0.6 is 11.6 Å². The third-order valence-electron chi connectivity index (χ3n) is 3.42. The second-order valence-electron chi connectivity index (χ2n) is 6.52. The average Bonchev–Trinajstić information content (AvgIpc) is 2.30. The van der Waals surface area contributed by atoms with Crippen LogP contribution in [0.25, 0.3) is 0 Å². The topological polar surface area (TPSA) is 41.6 Å². The molecule has 1 amide bonds. The summed E-state index contributed by atoms with van der Waals surface area (Å²) >= 11 is 6.13. The summed E-state index contributed by atoms with van der Waals surface area (Å²) in [6, 6.07) is 3.89. The zero-order valence-electron chi connectivity index (χ0n) is 13.2. The first-order chi connectivity index (χ1) is 10.2. The minimum Gasteiger partial charge on any atom is -0.444 e. The SMILES string of the molecule is CC(C)(C)OC(=O)N[C@H](CN1CCC1)c1ccc(F)cc1Cl. The van der Waals surface area contributed by atoms with Crippen molar-refractivity contribution in [1.29, 1.82) is 0 Å². The third-order valence-corrected chi connectivity index (χ3v) is 3.75. The highest BCUT2D eigenvalue weighted by Gasteiger charge is 2.26. The first-order valence-corrected chi connectivity index (χ1v) is 7.79. The molecule has 0 radical (unpaired) electrons. The number of carbonyl (C=O) groups excluding carboxylic acids is 1. The van der Waals surface area contributed by atoms with Gasteiger partial charge in [0.05, 0.1) is 6.04 Å². The fraction of sp³-hybridized carbons (Fsp3) is 0.562. The highest BCUT2D eigenvalue weighted by Crippen LogP contribution is 2.26. The molecule has 0 unspecified atom stereocenters. The van der Waals surface area contributed by atoms with Crippen molar-refractivity contribution >= 4 is 17.7 Å². The van der Waals surface area contributed by atoms with Crippen molar-refractivity contribution in [2.24, 2.45) is 0 Å². The summed E-state index contributed by atoms with van der Waals surface area (Å²) in [5.41, 5.74) is 0.124. The van der Waals surface area contributed by atoms with Crippen LogP contribution in [0.5, 0.6) is 0 Å². The van der Waals surface area contributed by atoms with Crippen molar-refractivity contribution < 1.29 is 13.9 Å². The maximum Gasteiger partial charge on any atom is 0.408 e. The second kappa shape index (κ2) is 6.84. The zero-order valence-corrected chi connectivity index (χ0v) is 13.9. The standard InChI is InChI=1S/C16H22ClFN2O2/c1-16(2,3)22-15(21)19-14(10-20-7-4-8-20)12-6-5-11(18)9-13(12)17/h5-6,9,14H,4,7-8,10H2,1-3H3,(H,19,21)/t14-/m1/s1. The molecule has 1 N–H and O–H groups in total. The van der Waals surface area contributed by atoms with E-state index in [0.29, 0.717) is 17.1 Å². The molecular weight excluding hydrogens is 307 g/mol. The predicted molar refractivity (Wildman–Crippen MR) is 84.6 cm³/mol. The molecule has 1 aliphatic rings. The van der Waals surface area contributed by atoms with Crippen molar-refractivity contribution in [3.05, 3.63) is 34.6 Å². The first-order valence-electron chi connectivity index (χ1n) is 7.41. The van der Waals surface area contributed by atoms with Gasteiger partial charge in [0.15, 0.2) is 0 Å². The zero-order chi connectivity index (χ0) is 16.3. The van der Waals surface area contributed by atoms with E-state index in [9.17, 15) is 9.18 Å². The number of rotatable bonds is 4. The molecule has 2 rings (SSSR count). The average molecular weight is 329 g/mol. The van der Waals surface area contributed by atoms with E-state index in [-0.39, 0.29) is 6.04 Å². The molecule has 1 fully saturated rings. The van der Waals surface area contributed by atoms with Crippen LogP contribution in [0.2, 0.25) is 5.02 Å². The number of ether oxygens (including phenoxy) is 1. The maximum atomic E-state index is 13.2. The number of amides is 1. The number of nitrogens with one attached hydrogen (secondary N) is 1. The van der Waals surface area contributed by atoms with E-state index in [2.05, 4.69) is 10.2 Å². The lowest BCUT2D eigenvalue weighted by Gasteiger charge is -2.35. The normalized spacial score (nSPS) is 16.8. The lowest BCUT2D eigenvalue weighted by atomic mass is 10.0. The maximum absolute atomic E-state index is 13.2. The van der Waals surface area contributed by atoms with Crippen LogP contribution in [0.1, 0.15) is 38.8 Å². The van der Waals surface area contributed by atoms with Crippen LogP contribution in [-0.4, -0.2) is 36.2 Å². The molecule has 22 heavy (non-hydrogen) atoms. The lowest BCUT2D eigenvalue weighted by Crippen LogP contribution is -2.45. The summed E-state index contributed by atoms with van der Waals surface area (Å²) in [5.74, 6) is -0.395. The molecule has 1 aromatic rings. The van der Waals surface area contributed by atoms with Crippen molar-refractivity contribution in [3.8, 4) is 0 Å². The van der Waals surface area contributed by atoms with Gasteiger partial charge in [-0.15, -0.1) is 0 Å². The smallest absolute Gasteiger partial charge is 0.408 e. The largest absolute Gasteiger partial charge is 0.444 e. The molecule has 1 atom stereocenters. The number of carbonyl (C=O) groups is 1. The Hall–Kier alpha value is -1.33. The summed E-state index contributed by atoms with van der Waals surface area (Å²) < 4.78 is 18.5. The minimum absolute atomic E-state index is 0.307. The first kappa shape index (κ1) is 17.0. The van der Waals surface area contributed by atoms with E-state index in [1.807, 2.05) is 20.8 Å². The van der Waals surface area contributed by atoms with E-state index >= 15 is 0 Å². The molecular formula is C16H22ClFN2O2. The Balaban J connectivity index is 2.13. The number of benzene rings is 1. The van der Waals surface area contributed by atoms with Gasteiger partial charge in [0.25, 0.3) is 0 Å². The van der Waals surface area contributed by atoms with Crippen LogP contribution in [-0.2, 0) is 4.74 Å². The summed E-state index contributed by atoms with van der Waals surface area (Å²) in [7, 11) is 0. The number of hydrogen-bond donors (Lipinski definition) is 1. The van der Waals surface area contributed by atoms with Crippen molar-refractivity contribution in [1.82, 2.24) is 10.2 Å². The molecule has 0 aromatic heterocycles. The van der Waals surface area contributed by atoms with Gasteiger partial charge in [-0.2, -0.15) is 0 Å². The molecule has 1 aliphatic heterocycles. The highest BCUT2D eigenvalue weighted by molar-refractivity contribution is 6.31. The fourth-order valence-corrected chi connectivity index (χ4v) is 2.58. The third kappa shape index (κ3) is 4.85. The van der Waals surface area contributed by atoms with Crippen molar-refractivity contribution in [2.75, 3.05) is 19.6 Å². The lowest BCUT2D eigenvalue weighted by molar-refractivity contribution is 0.0479. The molecule has 0 bridgehead atoms. The number of halogens is 2. The predicted octanol–water partition coefficient (Wildman–Crippen LogP) is 3.75. The molecule has 4 nitrogen and oxygen atoms in total. The molecule has 1 heterocycles. The Kier molecular flexibility index (Phi) is 5.29. The summed E-state index contributed by atoms with van der Waals surface area (Å²) in [6.45, 7) is 8.03. The summed E-state index contributed by atoms with van der Waals surface area (Å²) in [5, 5.41) is 3.15. The number of hydrogen-bond acceptors (Lipinski definition) is 3. The van der Waals surface area contributed by atoms with E-state index in [1.54, 1.807) is 6.07 Å². The van der Waals surface area contributed by atoms with E-state index in [4.69, 9.17) is 16.3 Å². The van der Waals surface area contributed by atoms with Gasteiger partial charge in [0.2, 0.25) is 0 Å². The number of likely N-dealkylation sites (tertiary alicyclic amines) is 1. The Morgan fingerprint density at radius 1 is 1.45 bits per heavy atom. The Labute approximate surface area is 135 Å². The van der Waals surface area contributed by atoms with E-state index in [1.165, 1.54) is 12.1 Å². The number of alkyl carbamates (subject to hydrolysis) is 1. The Bertz CT molecular complexity index is 541. The van der Waals surface area contributed by atoms with Gasteiger partial charge in [-0.1, -0.05) is 17.7 Å². The Morgan fingerprint density at radius 3 is 2.64 bits per heavy atom. The molecule has 1 aromatic carbocycles. The summed E-state index contributed by atoms with van der Waals surface area (Å²) in [4.78, 5) is 14.2. The van der Waals surface area contributed by atoms with Gasteiger partial charge < -0.3 is 15.0 Å². The van der Waals surface area contributed by atoms with Gasteiger partial charge in [0.1, 0.15) is 11.4 Å². The van der Waals surface area contributed by atoms with Crippen LogP contribution in [0.4, 0.5) is 9.18 Å². The van der Waals surface area contributed by atoms with E-state index in [0.717, 1.165) is 19.5 Å². The minimum atomic E-state index is -0.571. The molecule has 1 saturated heterocycles. The van der Waals surface area contributed by atoms with E-state index < -0.39 is 17.5 Å². The van der Waals surface area contributed by atoms with Crippen molar-refractivity contribution in [2.45, 2.75) is 38.8 Å². The number of nitrogens with zero attached hydrogens (tertiary/aromatic N) is 1. The van der Waals surface area contributed by atoms with Crippen LogP contribution < -0.4 is 5.32 Å². The van der Waals surface area contributed by atoms with Crippen LogP contribution in [0.3, 0.4) is 0 Å². The van der Waals surface area contributed by atoms with Gasteiger partial charge in [-0.05, 0) is 58.0 Å². The summed E-state index contributed by atoms with van der Waals surface area (Å²) in [6.07, 6.45) is 0.648. The quantitative estimate of drug-likeness (QED) is 0.915. The molecule has 0 aliphatic carbocycles. The van der Waals surface area contributed by atoms with Crippen molar-refractivity contribution in [3.63, 3.8) is 0 Å². The fourth-order valence-electron chi connectivity index (χ4n) is 2.28. The molecule has 0 saturated carbocycles. The molecule has 0 spiro atoms. The Morgan fingerprint density at radius 2 is 2.14 bits per heavy atom. The van der Waals surface area contributed by atoms with Gasteiger partial charge >= 0.3 is 6.09 Å². The van der Waals surface area contributed by atoms with Gasteiger partial charge in [-0.25, -0.2) is 9.18 Å². The second-order valence-corrected chi connectivity index (χ2v) is 6.93. The molecule has 6 heteroatoms. The molecule has 122 valence electrons. The van der Waals surface area contributed by atoms with Gasteiger partial charge in [-0.3, -0.25) is 0 Å². The monoisotopic (exact) mass is 328 g/mol. The van der Waals surface area contributed by atoms with Gasteiger partial charge in [0, 0.05) is 11.6 Å². The van der Waals surface area contributed by atoms with Crippen LogP contribution in [0, 0.1) is 5.82 Å². The highest BCUT2D eigenvalue weighted by atomic mass is 35.5. The van der Waals surface area contributed by atoms with Crippen LogP contribution in [0.15, 0.2) is 18.2 Å².